The van der Waals surface area contributed by atoms with Gasteiger partial charge in [0.05, 0.1) is 23.6 Å². The smallest absolute Gasteiger partial charge is 0.339 e. The van der Waals surface area contributed by atoms with Gasteiger partial charge in [-0.15, -0.1) is 0 Å². The van der Waals surface area contributed by atoms with Gasteiger partial charge >= 0.3 is 6.03 Å². The summed E-state index contributed by atoms with van der Waals surface area (Å²) in [5, 5.41) is 12.8. The number of nitrogens with two attached hydrogens (primary N) is 1. The molecule has 0 spiro atoms. The van der Waals surface area contributed by atoms with Crippen molar-refractivity contribution >= 4 is 22.8 Å². The number of carbonyl (C=O) groups is 1. The maximum atomic E-state index is 11.3. The number of carbonyl (C=O) groups excluding carboxylic acids is 1. The first kappa shape index (κ1) is 18.3. The highest BCUT2D eigenvalue weighted by molar-refractivity contribution is 5.83. The fourth-order valence-electron chi connectivity index (χ4n) is 3.62. The number of fused-ring (bicyclic) bond motifs is 1. The van der Waals surface area contributed by atoms with Crippen molar-refractivity contribution in [2.75, 3.05) is 31.1 Å². The van der Waals surface area contributed by atoms with Crippen molar-refractivity contribution in [3.05, 3.63) is 49.1 Å². The third-order valence-corrected chi connectivity index (χ3v) is 5.16. The van der Waals surface area contributed by atoms with Crippen LogP contribution in [0.2, 0.25) is 0 Å². The second-order valence-electron chi connectivity index (χ2n) is 7.14. The van der Waals surface area contributed by atoms with Gasteiger partial charge in [0.15, 0.2) is 5.82 Å². The Bertz CT molecular complexity index is 1200. The molecule has 4 aromatic rings. The van der Waals surface area contributed by atoms with Crippen LogP contribution in [0.15, 0.2) is 49.1 Å². The molecule has 1 aliphatic rings. The first-order chi connectivity index (χ1) is 14.7. The lowest BCUT2D eigenvalue weighted by Crippen LogP contribution is -2.28. The highest BCUT2D eigenvalue weighted by atomic mass is 16.2. The maximum absolute atomic E-state index is 11.3. The zero-order valence-corrected chi connectivity index (χ0v) is 16.3. The molecule has 4 aromatic heterocycles. The molecule has 152 valence electrons. The van der Waals surface area contributed by atoms with Gasteiger partial charge in [0, 0.05) is 43.0 Å². The molecule has 10 heteroatoms. The molecular formula is C20H21N9O. The molecule has 30 heavy (non-hydrogen) atoms. The standard InChI is InChI=1S/C20H21N9O/c21-20(30)28-13-15(12-24-28)16-9-17-14(10-23-16)11-25-29(17)19-4-1-3-18(26-19)27-7-2-5-22-6-8-27/h1,3-4,9-13,22H,2,5-8H2,(H2,21,30). The molecule has 0 aliphatic carbocycles. The predicted molar refractivity (Wildman–Crippen MR) is 113 cm³/mol. The van der Waals surface area contributed by atoms with Crippen molar-refractivity contribution in [2.24, 2.45) is 5.73 Å². The summed E-state index contributed by atoms with van der Waals surface area (Å²) in [6.07, 6.45) is 7.73. The Balaban J connectivity index is 1.53. The van der Waals surface area contributed by atoms with Crippen LogP contribution in [-0.2, 0) is 0 Å². The van der Waals surface area contributed by atoms with Gasteiger partial charge in [-0.2, -0.15) is 14.9 Å². The van der Waals surface area contributed by atoms with Crippen LogP contribution in [-0.4, -0.2) is 61.7 Å². The first-order valence-electron chi connectivity index (χ1n) is 9.81. The van der Waals surface area contributed by atoms with E-state index in [0.717, 1.165) is 59.8 Å². The Morgan fingerprint density at radius 2 is 1.97 bits per heavy atom. The summed E-state index contributed by atoms with van der Waals surface area (Å²) in [4.78, 5) is 22.9. The minimum absolute atomic E-state index is 0.642. The number of pyridine rings is 2. The average molecular weight is 403 g/mol. The fourth-order valence-corrected chi connectivity index (χ4v) is 3.62. The summed E-state index contributed by atoms with van der Waals surface area (Å²) in [5.74, 6) is 1.68. The molecule has 0 aromatic carbocycles. The van der Waals surface area contributed by atoms with Crippen LogP contribution in [0.1, 0.15) is 6.42 Å². The quantitative estimate of drug-likeness (QED) is 0.531. The van der Waals surface area contributed by atoms with Crippen LogP contribution in [0.25, 0.3) is 28.0 Å². The largest absolute Gasteiger partial charge is 0.355 e. The van der Waals surface area contributed by atoms with Crippen molar-refractivity contribution in [1.82, 2.24) is 34.8 Å². The minimum Gasteiger partial charge on any atom is -0.355 e. The van der Waals surface area contributed by atoms with Gasteiger partial charge in [-0.25, -0.2) is 14.5 Å². The minimum atomic E-state index is -0.642. The summed E-state index contributed by atoms with van der Waals surface area (Å²) in [5.41, 5.74) is 7.51. The topological polar surface area (TPSA) is 120 Å². The zero-order valence-electron chi connectivity index (χ0n) is 16.3. The molecule has 3 N–H and O–H groups in total. The monoisotopic (exact) mass is 403 g/mol. The van der Waals surface area contributed by atoms with E-state index in [1.807, 2.05) is 24.3 Å². The zero-order chi connectivity index (χ0) is 20.5. The second kappa shape index (κ2) is 7.56. The summed E-state index contributed by atoms with van der Waals surface area (Å²) in [6.45, 7) is 3.88. The van der Waals surface area contributed by atoms with Gasteiger partial charge in [-0.3, -0.25) is 4.98 Å². The van der Waals surface area contributed by atoms with E-state index in [-0.39, 0.29) is 0 Å². The molecule has 1 amide bonds. The molecule has 0 saturated carbocycles. The second-order valence-corrected chi connectivity index (χ2v) is 7.14. The number of amides is 1. The molecule has 0 bridgehead atoms. The molecule has 1 fully saturated rings. The molecule has 1 saturated heterocycles. The molecule has 5 heterocycles. The van der Waals surface area contributed by atoms with Gasteiger partial charge in [0.2, 0.25) is 0 Å². The molecule has 0 atom stereocenters. The molecule has 0 unspecified atom stereocenters. The highest BCUT2D eigenvalue weighted by Gasteiger charge is 2.14. The predicted octanol–water partition coefficient (Wildman–Crippen LogP) is 1.41. The number of rotatable bonds is 3. The van der Waals surface area contributed by atoms with E-state index >= 15 is 0 Å². The van der Waals surface area contributed by atoms with Crippen LogP contribution in [0.5, 0.6) is 0 Å². The van der Waals surface area contributed by atoms with E-state index in [4.69, 9.17) is 10.7 Å². The van der Waals surface area contributed by atoms with Gasteiger partial charge in [0.1, 0.15) is 5.82 Å². The van der Waals surface area contributed by atoms with Crippen LogP contribution in [0.3, 0.4) is 0 Å². The number of nitrogens with zero attached hydrogens (tertiary/aromatic N) is 7. The van der Waals surface area contributed by atoms with E-state index in [9.17, 15) is 4.79 Å². The van der Waals surface area contributed by atoms with Crippen LogP contribution < -0.4 is 16.0 Å². The lowest BCUT2D eigenvalue weighted by molar-refractivity contribution is 0.247. The lowest BCUT2D eigenvalue weighted by Gasteiger charge is -2.21. The summed E-state index contributed by atoms with van der Waals surface area (Å²) < 4.78 is 2.89. The number of hydrogen-bond acceptors (Lipinski definition) is 7. The van der Waals surface area contributed by atoms with E-state index < -0.39 is 6.03 Å². The van der Waals surface area contributed by atoms with Crippen LogP contribution >= 0.6 is 0 Å². The Labute approximate surface area is 172 Å². The fraction of sp³-hybridized carbons (Fsp3) is 0.250. The highest BCUT2D eigenvalue weighted by Crippen LogP contribution is 2.24. The SMILES string of the molecule is NC(=O)n1cc(-c2cc3c(cn2)cnn3-c2cccc(N3CCCNCC3)n2)cn1. The number of hydrogen-bond donors (Lipinski definition) is 2. The van der Waals surface area contributed by atoms with E-state index in [2.05, 4.69) is 25.4 Å². The third kappa shape index (κ3) is 3.37. The van der Waals surface area contributed by atoms with Crippen molar-refractivity contribution in [3.63, 3.8) is 0 Å². The average Bonchev–Trinajstić information content (AvgIpc) is 3.34. The third-order valence-electron chi connectivity index (χ3n) is 5.16. The number of primary amides is 1. The van der Waals surface area contributed by atoms with Crippen LogP contribution in [0.4, 0.5) is 10.6 Å². The lowest BCUT2D eigenvalue weighted by atomic mass is 10.2. The number of nitrogens with one attached hydrogen (secondary N) is 1. The maximum Gasteiger partial charge on any atom is 0.339 e. The van der Waals surface area contributed by atoms with Gasteiger partial charge in [-0.05, 0) is 31.2 Å². The van der Waals surface area contributed by atoms with E-state index in [1.165, 1.54) is 0 Å². The van der Waals surface area contributed by atoms with Gasteiger partial charge < -0.3 is 16.0 Å². The summed E-state index contributed by atoms with van der Waals surface area (Å²) in [7, 11) is 0. The molecule has 0 radical (unpaired) electrons. The Morgan fingerprint density at radius 1 is 1.07 bits per heavy atom. The van der Waals surface area contributed by atoms with Crippen molar-refractivity contribution in [1.29, 1.82) is 0 Å². The molecular weight excluding hydrogens is 382 g/mol. The van der Waals surface area contributed by atoms with Crippen molar-refractivity contribution < 1.29 is 4.79 Å². The summed E-state index contributed by atoms with van der Waals surface area (Å²) >= 11 is 0. The Kier molecular flexibility index (Phi) is 4.60. The van der Waals surface area contributed by atoms with Crippen molar-refractivity contribution in [2.45, 2.75) is 6.42 Å². The van der Waals surface area contributed by atoms with Crippen molar-refractivity contribution in [3.8, 4) is 17.1 Å². The first-order valence-corrected chi connectivity index (χ1v) is 9.81. The van der Waals surface area contributed by atoms with Crippen LogP contribution in [0, 0.1) is 0 Å². The van der Waals surface area contributed by atoms with E-state index in [0.29, 0.717) is 11.3 Å². The van der Waals surface area contributed by atoms with Gasteiger partial charge in [-0.1, -0.05) is 6.07 Å². The molecule has 5 rings (SSSR count). The number of anilines is 1. The normalized spacial score (nSPS) is 14.7. The number of aromatic nitrogens is 6. The van der Waals surface area contributed by atoms with Gasteiger partial charge in [0.25, 0.3) is 0 Å². The molecule has 10 nitrogen and oxygen atoms in total. The van der Waals surface area contributed by atoms with E-state index in [1.54, 1.807) is 29.5 Å². The Hall–Kier alpha value is -3.79. The molecule has 1 aliphatic heterocycles. The summed E-state index contributed by atoms with van der Waals surface area (Å²) in [6, 6.07) is 7.25. The Morgan fingerprint density at radius 3 is 2.83 bits per heavy atom.